The molecule has 9 nitrogen and oxygen atoms in total. The van der Waals surface area contributed by atoms with E-state index in [2.05, 4.69) is 15.4 Å². The number of amides is 2. The highest BCUT2D eigenvalue weighted by atomic mass is 16.5. The van der Waals surface area contributed by atoms with Crippen LogP contribution in [0.4, 0.5) is 11.4 Å². The number of rotatable bonds is 9. The fourth-order valence-corrected chi connectivity index (χ4v) is 3.37. The molecule has 0 bridgehead atoms. The van der Waals surface area contributed by atoms with Crippen molar-refractivity contribution in [3.63, 3.8) is 0 Å². The van der Waals surface area contributed by atoms with Crippen LogP contribution in [-0.4, -0.2) is 38.6 Å². The van der Waals surface area contributed by atoms with Crippen LogP contribution in [0.3, 0.4) is 0 Å². The third-order valence-electron chi connectivity index (χ3n) is 5.58. The van der Waals surface area contributed by atoms with Crippen LogP contribution in [-0.2, 0) is 14.3 Å². The molecule has 0 radical (unpaired) electrons. The van der Waals surface area contributed by atoms with Crippen molar-refractivity contribution >= 4 is 35.2 Å². The molecule has 0 unspecified atom stereocenters. The quantitative estimate of drug-likeness (QED) is 0.242. The molecule has 2 N–H and O–H groups in total. The first kappa shape index (κ1) is 27.5. The highest BCUT2D eigenvalue weighted by molar-refractivity contribution is 6.09. The van der Waals surface area contributed by atoms with Crippen LogP contribution in [0.5, 0.6) is 11.5 Å². The van der Waals surface area contributed by atoms with E-state index in [1.807, 2.05) is 38.1 Å². The van der Waals surface area contributed by atoms with Crippen molar-refractivity contribution in [2.24, 2.45) is 0 Å². The highest BCUT2D eigenvalue weighted by Crippen LogP contribution is 2.29. The van der Waals surface area contributed by atoms with Gasteiger partial charge in [-0.1, -0.05) is 12.1 Å². The summed E-state index contributed by atoms with van der Waals surface area (Å²) in [6.45, 7) is 3.72. The summed E-state index contributed by atoms with van der Waals surface area (Å²) in [5.74, 6) is -0.797. The molecule has 0 aliphatic rings. The van der Waals surface area contributed by atoms with E-state index < -0.39 is 11.9 Å². The molecule has 3 aromatic carbocycles. The van der Waals surface area contributed by atoms with Crippen LogP contribution in [0.1, 0.15) is 27.0 Å². The molecule has 0 aliphatic heterocycles. The fourth-order valence-electron chi connectivity index (χ4n) is 3.37. The lowest BCUT2D eigenvalue weighted by Gasteiger charge is -2.12. The van der Waals surface area contributed by atoms with Crippen molar-refractivity contribution in [1.29, 1.82) is 5.26 Å². The average Bonchev–Trinajstić information content (AvgIpc) is 2.92. The smallest absolute Gasteiger partial charge is 0.337 e. The summed E-state index contributed by atoms with van der Waals surface area (Å²) < 4.78 is 15.6. The summed E-state index contributed by atoms with van der Waals surface area (Å²) in [6, 6.07) is 18.4. The number of aryl methyl sites for hydroxylation is 2. The Morgan fingerprint density at radius 1 is 0.868 bits per heavy atom. The molecule has 0 saturated heterocycles. The van der Waals surface area contributed by atoms with E-state index >= 15 is 0 Å². The number of carbonyl (C=O) groups is 3. The van der Waals surface area contributed by atoms with Gasteiger partial charge in [-0.3, -0.25) is 9.59 Å². The topological polar surface area (TPSA) is 127 Å². The Kier molecular flexibility index (Phi) is 9.21. The van der Waals surface area contributed by atoms with Crippen LogP contribution in [0.25, 0.3) is 6.08 Å². The molecule has 0 fully saturated rings. The fraction of sp³-hybridized carbons (Fsp3) is 0.172. The standard InChI is InChI=1S/C29H27N3O6/c1-18-5-9-24(13-19(18)2)31-27(33)17-38-25-12-6-20(15-26(25)36-3)14-22(16-30)28(34)32-23-10-7-21(8-11-23)29(35)37-4/h5-15H,17H2,1-4H3,(H,31,33)(H,32,34)/b22-14-. The van der Waals surface area contributed by atoms with Crippen molar-refractivity contribution in [2.75, 3.05) is 31.5 Å². The zero-order valence-electron chi connectivity index (χ0n) is 21.5. The largest absolute Gasteiger partial charge is 0.493 e. The number of nitriles is 1. The number of nitrogens with zero attached hydrogens (tertiary/aromatic N) is 1. The van der Waals surface area contributed by atoms with Crippen molar-refractivity contribution in [3.05, 3.63) is 88.5 Å². The van der Waals surface area contributed by atoms with E-state index in [0.717, 1.165) is 11.1 Å². The zero-order chi connectivity index (χ0) is 27.7. The van der Waals surface area contributed by atoms with Crippen LogP contribution < -0.4 is 20.1 Å². The molecular formula is C29H27N3O6. The molecule has 9 heteroatoms. The molecule has 0 aromatic heterocycles. The Balaban J connectivity index is 1.66. The van der Waals surface area contributed by atoms with E-state index in [9.17, 15) is 19.6 Å². The minimum atomic E-state index is -0.624. The van der Waals surface area contributed by atoms with Gasteiger partial charge in [-0.05, 0) is 85.1 Å². The maximum atomic E-state index is 12.6. The summed E-state index contributed by atoms with van der Waals surface area (Å²) >= 11 is 0. The van der Waals surface area contributed by atoms with Gasteiger partial charge in [-0.2, -0.15) is 5.26 Å². The minimum absolute atomic E-state index is 0.148. The van der Waals surface area contributed by atoms with Crippen molar-refractivity contribution in [1.82, 2.24) is 0 Å². The number of methoxy groups -OCH3 is 2. The molecule has 0 atom stereocenters. The molecule has 3 aromatic rings. The molecule has 2 amide bonds. The van der Waals surface area contributed by atoms with Gasteiger partial charge in [0.2, 0.25) is 0 Å². The summed E-state index contributed by atoms with van der Waals surface area (Å²) in [5, 5.41) is 14.9. The second kappa shape index (κ2) is 12.7. The second-order valence-electron chi connectivity index (χ2n) is 8.24. The minimum Gasteiger partial charge on any atom is -0.493 e. The van der Waals surface area contributed by atoms with Gasteiger partial charge in [0.25, 0.3) is 11.8 Å². The molecule has 0 spiro atoms. The number of hydrogen-bond donors (Lipinski definition) is 2. The maximum absolute atomic E-state index is 12.6. The molecule has 38 heavy (non-hydrogen) atoms. The first-order chi connectivity index (χ1) is 18.2. The van der Waals surface area contributed by atoms with Gasteiger partial charge in [0, 0.05) is 11.4 Å². The summed E-state index contributed by atoms with van der Waals surface area (Å²) in [5.41, 5.74) is 3.98. The van der Waals surface area contributed by atoms with E-state index in [-0.39, 0.29) is 18.1 Å². The summed E-state index contributed by atoms with van der Waals surface area (Å²) in [7, 11) is 2.72. The van der Waals surface area contributed by atoms with Gasteiger partial charge in [-0.25, -0.2) is 4.79 Å². The van der Waals surface area contributed by atoms with Gasteiger partial charge < -0.3 is 24.8 Å². The molecule has 0 aliphatic carbocycles. The lowest BCUT2D eigenvalue weighted by atomic mass is 10.1. The number of nitrogens with one attached hydrogen (secondary N) is 2. The number of hydrogen-bond acceptors (Lipinski definition) is 7. The maximum Gasteiger partial charge on any atom is 0.337 e. The predicted octanol–water partition coefficient (Wildman–Crippen LogP) is 4.66. The predicted molar refractivity (Wildman–Crippen MR) is 143 cm³/mol. The van der Waals surface area contributed by atoms with Crippen LogP contribution >= 0.6 is 0 Å². The number of esters is 1. The van der Waals surface area contributed by atoms with Crippen molar-refractivity contribution < 1.29 is 28.6 Å². The van der Waals surface area contributed by atoms with Gasteiger partial charge in [0.05, 0.1) is 19.8 Å². The Morgan fingerprint density at radius 2 is 1.58 bits per heavy atom. The summed E-state index contributed by atoms with van der Waals surface area (Å²) in [4.78, 5) is 36.5. The van der Waals surface area contributed by atoms with Gasteiger partial charge in [-0.15, -0.1) is 0 Å². The first-order valence-corrected chi connectivity index (χ1v) is 11.5. The normalized spacial score (nSPS) is 10.7. The monoisotopic (exact) mass is 513 g/mol. The van der Waals surface area contributed by atoms with Gasteiger partial charge in [0.1, 0.15) is 11.6 Å². The van der Waals surface area contributed by atoms with Crippen molar-refractivity contribution in [2.45, 2.75) is 13.8 Å². The third kappa shape index (κ3) is 7.21. The Morgan fingerprint density at radius 3 is 2.21 bits per heavy atom. The molecular weight excluding hydrogens is 486 g/mol. The number of ether oxygens (including phenoxy) is 3. The Labute approximate surface area is 220 Å². The SMILES string of the molecule is COC(=O)c1ccc(NC(=O)/C(C#N)=C\c2ccc(OCC(=O)Nc3ccc(C)c(C)c3)c(OC)c2)cc1. The number of anilines is 2. The second-order valence-corrected chi connectivity index (χ2v) is 8.24. The molecule has 0 saturated carbocycles. The molecule has 0 heterocycles. The van der Waals surface area contributed by atoms with E-state index in [1.165, 1.54) is 44.6 Å². The Bertz CT molecular complexity index is 1420. The Hall–Kier alpha value is -5.10. The van der Waals surface area contributed by atoms with Crippen LogP contribution in [0, 0.1) is 25.2 Å². The third-order valence-corrected chi connectivity index (χ3v) is 5.58. The number of benzene rings is 3. The van der Waals surface area contributed by atoms with Crippen molar-refractivity contribution in [3.8, 4) is 17.6 Å². The highest BCUT2D eigenvalue weighted by Gasteiger charge is 2.13. The van der Waals surface area contributed by atoms with Crippen LogP contribution in [0.2, 0.25) is 0 Å². The van der Waals surface area contributed by atoms with E-state index in [4.69, 9.17) is 9.47 Å². The lowest BCUT2D eigenvalue weighted by molar-refractivity contribution is -0.118. The summed E-state index contributed by atoms with van der Waals surface area (Å²) in [6.07, 6.45) is 1.40. The number of carbonyl (C=O) groups excluding carboxylic acids is 3. The zero-order valence-corrected chi connectivity index (χ0v) is 21.5. The van der Waals surface area contributed by atoms with E-state index in [0.29, 0.717) is 34.0 Å². The van der Waals surface area contributed by atoms with Gasteiger partial charge in [0.15, 0.2) is 18.1 Å². The molecule has 194 valence electrons. The molecule has 3 rings (SSSR count). The van der Waals surface area contributed by atoms with Crippen LogP contribution in [0.15, 0.2) is 66.2 Å². The lowest BCUT2D eigenvalue weighted by Crippen LogP contribution is -2.20. The average molecular weight is 514 g/mol. The van der Waals surface area contributed by atoms with E-state index in [1.54, 1.807) is 18.2 Å². The first-order valence-electron chi connectivity index (χ1n) is 11.5. The van der Waals surface area contributed by atoms with Gasteiger partial charge >= 0.3 is 5.97 Å².